The first kappa shape index (κ1) is 41.4. The molecule has 6 rings (SSSR count). The topological polar surface area (TPSA) is 167 Å². The van der Waals surface area contributed by atoms with E-state index in [2.05, 4.69) is 16.6 Å². The molecule has 1 aromatic carbocycles. The molecule has 0 radical (unpaired) electrons. The summed E-state index contributed by atoms with van der Waals surface area (Å²) in [7, 11) is -0.893. The smallest absolute Gasteiger partial charge is 0.307 e. The minimum atomic E-state index is -3.96. The number of carbonyl (C=O) groups is 4. The van der Waals surface area contributed by atoms with Gasteiger partial charge < -0.3 is 23.8 Å². The van der Waals surface area contributed by atoms with Crippen molar-refractivity contribution < 1.29 is 46.5 Å². The molecule has 13 nitrogen and oxygen atoms in total. The van der Waals surface area contributed by atoms with E-state index in [1.165, 1.54) is 12.0 Å². The number of fused-ring (bicyclic) bond motifs is 3. The lowest BCUT2D eigenvalue weighted by Crippen LogP contribution is -2.48. The molecule has 2 aliphatic carbocycles. The minimum Gasteiger partial charge on any atom is -0.497 e. The van der Waals surface area contributed by atoms with Crippen molar-refractivity contribution in [1.82, 2.24) is 14.6 Å². The number of carbonyl (C=O) groups excluding carboxylic acids is 4. The van der Waals surface area contributed by atoms with Gasteiger partial charge in [-0.05, 0) is 108 Å². The number of ether oxygens (including phenoxy) is 4. The van der Waals surface area contributed by atoms with Crippen molar-refractivity contribution in [1.29, 1.82) is 0 Å². The predicted octanol–water partition coefficient (Wildman–Crippen LogP) is 5.92. The van der Waals surface area contributed by atoms with Crippen molar-refractivity contribution in [3.05, 3.63) is 36.4 Å². The lowest BCUT2D eigenvalue weighted by molar-refractivity contribution is -0.160. The second-order valence-electron chi connectivity index (χ2n) is 17.8. The number of nitrogens with one attached hydrogen (secondary N) is 1. The number of pyridine rings is 1. The Kier molecular flexibility index (Phi) is 11.6. The molecule has 2 aliphatic heterocycles. The maximum absolute atomic E-state index is 14.9. The highest BCUT2D eigenvalue weighted by Crippen LogP contribution is 2.58. The van der Waals surface area contributed by atoms with Crippen molar-refractivity contribution in [2.75, 3.05) is 20.8 Å². The Morgan fingerprint density at radius 3 is 2.45 bits per heavy atom. The summed E-state index contributed by atoms with van der Waals surface area (Å²) >= 11 is 0. The number of Topliss-reactive ketones (excluding diaryl/α,β-unsaturated/α-hetero) is 1. The van der Waals surface area contributed by atoms with E-state index >= 15 is 0 Å². The zero-order valence-corrected chi connectivity index (χ0v) is 34.7. The third kappa shape index (κ3) is 8.84. The van der Waals surface area contributed by atoms with Gasteiger partial charge in [0.25, 0.3) is 0 Å². The molecular formula is C42H57N3O10S. The van der Waals surface area contributed by atoms with Crippen LogP contribution in [0, 0.1) is 29.1 Å². The summed E-state index contributed by atoms with van der Waals surface area (Å²) in [6, 6.07) is 6.19. The van der Waals surface area contributed by atoms with E-state index in [-0.39, 0.29) is 61.1 Å². The normalized spacial score (nSPS) is 29.9. The zero-order valence-electron chi connectivity index (χ0n) is 33.9. The summed E-state index contributed by atoms with van der Waals surface area (Å²) in [6.07, 6.45) is 6.34. The van der Waals surface area contributed by atoms with E-state index < -0.39 is 55.7 Å². The van der Waals surface area contributed by atoms with Gasteiger partial charge in [0.2, 0.25) is 33.6 Å². The minimum absolute atomic E-state index is 0.0220. The highest BCUT2D eigenvalue weighted by atomic mass is 32.2. The number of esters is 1. The van der Waals surface area contributed by atoms with Gasteiger partial charge in [0.1, 0.15) is 17.5 Å². The summed E-state index contributed by atoms with van der Waals surface area (Å²) < 4.78 is 51.0. The Balaban J connectivity index is 1.37. The summed E-state index contributed by atoms with van der Waals surface area (Å²) in [4.78, 5) is 63.0. The van der Waals surface area contributed by atoms with E-state index in [9.17, 15) is 27.6 Å². The highest BCUT2D eigenvalue weighted by Gasteiger charge is 2.62. The molecule has 306 valence electrons. The highest BCUT2D eigenvalue weighted by molar-refractivity contribution is 7.91. The van der Waals surface area contributed by atoms with Crippen LogP contribution in [0.2, 0.25) is 0 Å². The van der Waals surface area contributed by atoms with Gasteiger partial charge in [-0.2, -0.15) is 4.98 Å². The van der Waals surface area contributed by atoms with Crippen LogP contribution in [-0.2, 0) is 33.9 Å². The molecule has 3 fully saturated rings. The van der Waals surface area contributed by atoms with Gasteiger partial charge in [-0.1, -0.05) is 26.0 Å². The van der Waals surface area contributed by atoms with Crippen LogP contribution in [0.15, 0.2) is 36.4 Å². The molecule has 2 saturated carbocycles. The monoisotopic (exact) mass is 795 g/mol. The summed E-state index contributed by atoms with van der Waals surface area (Å²) in [5, 5.41) is 1.43. The molecule has 4 aliphatic rings. The van der Waals surface area contributed by atoms with E-state index in [0.717, 1.165) is 11.8 Å². The first-order valence-electron chi connectivity index (χ1n) is 19.8. The Morgan fingerprint density at radius 1 is 1.05 bits per heavy atom. The van der Waals surface area contributed by atoms with E-state index in [0.29, 0.717) is 49.1 Å². The van der Waals surface area contributed by atoms with Crippen LogP contribution in [0.5, 0.6) is 17.5 Å². The van der Waals surface area contributed by atoms with Gasteiger partial charge in [0.15, 0.2) is 5.78 Å². The first-order chi connectivity index (χ1) is 26.3. The Morgan fingerprint density at radius 2 is 1.79 bits per heavy atom. The second-order valence-corrected chi connectivity index (χ2v) is 20.0. The number of methoxy groups -OCH3 is 2. The summed E-state index contributed by atoms with van der Waals surface area (Å²) in [6.45, 7) is 11.0. The quantitative estimate of drug-likeness (QED) is 0.236. The molecule has 0 unspecified atom stereocenters. The third-order valence-electron chi connectivity index (χ3n) is 12.1. The van der Waals surface area contributed by atoms with Crippen LogP contribution >= 0.6 is 0 Å². The maximum atomic E-state index is 14.9. The number of sulfonamides is 1. The van der Waals surface area contributed by atoms with Gasteiger partial charge in [0, 0.05) is 24.3 Å². The molecule has 14 heteroatoms. The largest absolute Gasteiger partial charge is 0.497 e. The molecule has 1 N–H and O–H groups in total. The van der Waals surface area contributed by atoms with Gasteiger partial charge in [-0.3, -0.25) is 23.9 Å². The van der Waals surface area contributed by atoms with E-state index in [4.69, 9.17) is 18.9 Å². The van der Waals surface area contributed by atoms with Crippen LogP contribution in [-0.4, -0.2) is 85.1 Å². The lowest BCUT2D eigenvalue weighted by atomic mass is 9.82. The van der Waals surface area contributed by atoms with Crippen molar-refractivity contribution in [3.8, 4) is 17.5 Å². The van der Waals surface area contributed by atoms with Gasteiger partial charge in [-0.25, -0.2) is 8.42 Å². The summed E-state index contributed by atoms with van der Waals surface area (Å²) in [5.74, 6) is -1.90. The van der Waals surface area contributed by atoms with Crippen molar-refractivity contribution in [3.63, 3.8) is 0 Å². The molecule has 1 saturated heterocycles. The number of hydrogen-bond acceptors (Lipinski definition) is 11. The van der Waals surface area contributed by atoms with Gasteiger partial charge >= 0.3 is 5.97 Å². The molecule has 7 atom stereocenters. The molecule has 2 amide bonds. The van der Waals surface area contributed by atoms with Crippen LogP contribution in [0.3, 0.4) is 0 Å². The van der Waals surface area contributed by atoms with Crippen LogP contribution < -0.4 is 18.9 Å². The number of benzene rings is 1. The molecule has 3 heterocycles. The SMILES string of the molecule is COc1ccc2c(O[C@@H]3C[C@H]4C(=O)C[C@]5(C(=O)NS(=O)(=O)C6(C)CC6)C[C@H]5/C=C\CC[C@@H](C)C[C@@H](C)[C@H](CC(=O)OC(C)(C)C)C(=O)N4C3)nc(OC)cc2c1. The van der Waals surface area contributed by atoms with Crippen molar-refractivity contribution in [2.24, 2.45) is 29.1 Å². The molecule has 0 spiro atoms. The predicted molar refractivity (Wildman–Crippen MR) is 210 cm³/mol. The van der Waals surface area contributed by atoms with Gasteiger partial charge in [-0.15, -0.1) is 0 Å². The van der Waals surface area contributed by atoms with Crippen LogP contribution in [0.25, 0.3) is 10.8 Å². The van der Waals surface area contributed by atoms with Crippen molar-refractivity contribution >= 4 is 44.4 Å². The molecule has 56 heavy (non-hydrogen) atoms. The molecule has 0 bridgehead atoms. The standard InChI is InChI=1S/C42H57N3O10S/c1-25-11-9-10-12-28-22-42(28,39(49)44-56(50,51)41(6)15-16-41)23-34(46)33-20-30(54-37-31-14-13-29(52-7)18-27(31)19-35(43-37)53-8)24-45(33)38(48)32(26(2)17-25)21-36(47)55-40(3,4)5/h10,12-14,18-19,25-26,28,30,32-33H,9,11,15-17,20-24H2,1-8H3,(H,44,49)/b12-10-/t25-,26-,28-,30-,32+,33+,42-/m1/s1. The number of ketones is 1. The fraction of sp³-hybridized carbons (Fsp3) is 0.643. The third-order valence-corrected chi connectivity index (χ3v) is 14.2. The Labute approximate surface area is 330 Å². The maximum Gasteiger partial charge on any atom is 0.307 e. The average molecular weight is 796 g/mol. The fourth-order valence-corrected chi connectivity index (χ4v) is 9.64. The Bertz CT molecular complexity index is 2000. The molecule has 2 aromatic rings. The fourth-order valence-electron chi connectivity index (χ4n) is 8.31. The molecular weight excluding hydrogens is 739 g/mol. The number of amides is 2. The van der Waals surface area contributed by atoms with Crippen LogP contribution in [0.4, 0.5) is 0 Å². The van der Waals surface area contributed by atoms with E-state index in [1.54, 1.807) is 46.9 Å². The van der Waals surface area contributed by atoms with Crippen molar-refractivity contribution in [2.45, 2.75) is 122 Å². The lowest BCUT2D eigenvalue weighted by Gasteiger charge is -2.32. The number of rotatable bonds is 9. The van der Waals surface area contributed by atoms with E-state index in [1.807, 2.05) is 31.2 Å². The molecule has 1 aromatic heterocycles. The Hall–Kier alpha value is -4.20. The summed E-state index contributed by atoms with van der Waals surface area (Å²) in [5.41, 5.74) is -2.04. The van der Waals surface area contributed by atoms with Gasteiger partial charge in [0.05, 0.1) is 49.3 Å². The van der Waals surface area contributed by atoms with Crippen LogP contribution in [0.1, 0.15) is 99.3 Å². The number of nitrogens with zero attached hydrogens (tertiary/aromatic N) is 2. The average Bonchev–Trinajstić information content (AvgIpc) is 4.00. The number of allylic oxidation sites excluding steroid dienone is 2. The number of hydrogen-bond donors (Lipinski definition) is 1. The second kappa shape index (κ2) is 15.6. The first-order valence-corrected chi connectivity index (χ1v) is 21.2. The zero-order chi connectivity index (χ0) is 40.8. The number of aromatic nitrogens is 1.